The molecule has 1 heterocycles. The van der Waals surface area contributed by atoms with Crippen molar-refractivity contribution in [3.05, 3.63) is 29.5 Å². The van der Waals surface area contributed by atoms with Crippen molar-refractivity contribution in [2.75, 3.05) is 5.32 Å². The summed E-state index contributed by atoms with van der Waals surface area (Å²) in [4.78, 5) is 4.47. The van der Waals surface area contributed by atoms with Gasteiger partial charge in [0.05, 0.1) is 17.8 Å². The van der Waals surface area contributed by atoms with Gasteiger partial charge in [-0.3, -0.25) is 0 Å². The second kappa shape index (κ2) is 7.35. The van der Waals surface area contributed by atoms with E-state index in [0.717, 1.165) is 31.2 Å². The fraction of sp³-hybridized carbons (Fsp3) is 0.526. The zero-order valence-corrected chi connectivity index (χ0v) is 15.0. The number of aliphatic hydroxyl groups excluding tert-OH is 1. The van der Waals surface area contributed by atoms with Gasteiger partial charge in [0.15, 0.2) is 0 Å². The smallest absolute Gasteiger partial charge is 0.243 e. The molecule has 0 aliphatic heterocycles. The lowest BCUT2D eigenvalue weighted by atomic mass is 9.93. The Morgan fingerprint density at radius 2 is 1.92 bits per heavy atom. The molecule has 25 heavy (non-hydrogen) atoms. The summed E-state index contributed by atoms with van der Waals surface area (Å²) in [5.74, 6) is 0.957. The summed E-state index contributed by atoms with van der Waals surface area (Å²) in [5.41, 5.74) is 2.97. The van der Waals surface area contributed by atoms with Crippen LogP contribution < -0.4 is 5.32 Å². The monoisotopic (exact) mass is 342 g/mol. The summed E-state index contributed by atoms with van der Waals surface area (Å²) in [7, 11) is 0. The van der Waals surface area contributed by atoms with Crippen LogP contribution in [0, 0.1) is 6.92 Å². The third-order valence-corrected chi connectivity index (χ3v) is 4.85. The lowest BCUT2D eigenvalue weighted by Gasteiger charge is -2.28. The van der Waals surface area contributed by atoms with Crippen molar-refractivity contribution in [2.45, 2.75) is 64.5 Å². The second-order valence-electron chi connectivity index (χ2n) is 7.10. The summed E-state index contributed by atoms with van der Waals surface area (Å²) in [5, 5.41) is 32.0. The number of phenols is 1. The molecule has 1 aromatic carbocycles. The van der Waals surface area contributed by atoms with E-state index in [-0.39, 0.29) is 17.9 Å². The van der Waals surface area contributed by atoms with Crippen LogP contribution in [-0.2, 0) is 0 Å². The molecule has 0 amide bonds. The predicted molar refractivity (Wildman–Crippen MR) is 97.6 cm³/mol. The van der Waals surface area contributed by atoms with Crippen molar-refractivity contribution >= 4 is 5.95 Å². The maximum Gasteiger partial charge on any atom is 0.243 e. The minimum absolute atomic E-state index is 0.0282. The molecular weight excluding hydrogens is 316 g/mol. The van der Waals surface area contributed by atoms with E-state index in [1.54, 1.807) is 6.07 Å². The van der Waals surface area contributed by atoms with Gasteiger partial charge in [0.1, 0.15) is 11.4 Å². The molecule has 1 aromatic heterocycles. The first kappa shape index (κ1) is 17.6. The molecule has 1 fully saturated rings. The second-order valence-corrected chi connectivity index (χ2v) is 7.10. The Hall–Kier alpha value is -2.21. The lowest BCUT2D eigenvalue weighted by Crippen LogP contribution is -2.37. The van der Waals surface area contributed by atoms with Gasteiger partial charge in [-0.15, -0.1) is 10.2 Å². The van der Waals surface area contributed by atoms with Crippen LogP contribution in [0.1, 0.15) is 56.7 Å². The minimum atomic E-state index is -0.370. The van der Waals surface area contributed by atoms with Crippen LogP contribution in [-0.4, -0.2) is 37.5 Å². The third-order valence-electron chi connectivity index (χ3n) is 4.85. The number of benzene rings is 1. The SMILES string of the molecule is Cc1nc(N[C@@H]2CCCC[C@H]2O)nnc1-c1ccc(C(C)C)cc1O. The number of phenolic OH excluding ortho intramolecular Hbond substituents is 1. The Bertz CT molecular complexity index is 748. The van der Waals surface area contributed by atoms with Gasteiger partial charge in [0.2, 0.25) is 5.95 Å². The zero-order chi connectivity index (χ0) is 18.0. The van der Waals surface area contributed by atoms with E-state index in [0.29, 0.717) is 28.8 Å². The third kappa shape index (κ3) is 3.90. The Labute approximate surface area is 148 Å². The van der Waals surface area contributed by atoms with Gasteiger partial charge in [-0.25, -0.2) is 4.98 Å². The molecular formula is C19H26N4O2. The molecule has 0 radical (unpaired) electrons. The van der Waals surface area contributed by atoms with Gasteiger partial charge >= 0.3 is 0 Å². The van der Waals surface area contributed by atoms with E-state index in [4.69, 9.17) is 0 Å². The van der Waals surface area contributed by atoms with Crippen molar-refractivity contribution in [1.29, 1.82) is 0 Å². The van der Waals surface area contributed by atoms with E-state index in [1.165, 1.54) is 0 Å². The molecule has 0 spiro atoms. The van der Waals surface area contributed by atoms with Crippen LogP contribution in [0.15, 0.2) is 18.2 Å². The van der Waals surface area contributed by atoms with E-state index >= 15 is 0 Å². The van der Waals surface area contributed by atoms with Gasteiger partial charge in [0.25, 0.3) is 0 Å². The van der Waals surface area contributed by atoms with Crippen molar-refractivity contribution < 1.29 is 10.2 Å². The van der Waals surface area contributed by atoms with Crippen LogP contribution >= 0.6 is 0 Å². The Morgan fingerprint density at radius 1 is 1.16 bits per heavy atom. The lowest BCUT2D eigenvalue weighted by molar-refractivity contribution is 0.116. The fourth-order valence-electron chi connectivity index (χ4n) is 3.27. The fourth-order valence-corrected chi connectivity index (χ4v) is 3.27. The average molecular weight is 342 g/mol. The number of rotatable bonds is 4. The highest BCUT2D eigenvalue weighted by Crippen LogP contribution is 2.32. The summed E-state index contributed by atoms with van der Waals surface area (Å²) in [6, 6.07) is 5.60. The normalized spacial score (nSPS) is 20.7. The van der Waals surface area contributed by atoms with Crippen LogP contribution in [0.5, 0.6) is 5.75 Å². The molecule has 1 aliphatic rings. The standard InChI is InChI=1S/C19H26N4O2/c1-11(2)13-8-9-14(17(25)10-13)18-12(3)20-19(23-22-18)21-15-6-4-5-7-16(15)24/h8-11,15-16,24-25H,4-7H2,1-3H3,(H,20,21,23)/t15-,16-/m1/s1. The Kier molecular flexibility index (Phi) is 5.18. The van der Waals surface area contributed by atoms with E-state index in [1.807, 2.05) is 19.1 Å². The zero-order valence-electron chi connectivity index (χ0n) is 15.0. The van der Waals surface area contributed by atoms with Crippen molar-refractivity contribution in [3.8, 4) is 17.0 Å². The highest BCUT2D eigenvalue weighted by molar-refractivity contribution is 5.69. The van der Waals surface area contributed by atoms with E-state index in [9.17, 15) is 10.2 Å². The Balaban J connectivity index is 1.82. The van der Waals surface area contributed by atoms with Gasteiger partial charge in [-0.2, -0.15) is 0 Å². The molecule has 0 unspecified atom stereocenters. The topological polar surface area (TPSA) is 91.2 Å². The molecule has 2 aromatic rings. The molecule has 134 valence electrons. The highest BCUT2D eigenvalue weighted by atomic mass is 16.3. The van der Waals surface area contributed by atoms with Crippen LogP contribution in [0.25, 0.3) is 11.3 Å². The number of aliphatic hydroxyl groups is 1. The summed E-state index contributed by atoms with van der Waals surface area (Å²) in [6.07, 6.45) is 3.49. The number of aromatic nitrogens is 3. The summed E-state index contributed by atoms with van der Waals surface area (Å²) in [6.45, 7) is 6.02. The van der Waals surface area contributed by atoms with Gasteiger partial charge < -0.3 is 15.5 Å². The Morgan fingerprint density at radius 3 is 2.56 bits per heavy atom. The van der Waals surface area contributed by atoms with Crippen molar-refractivity contribution in [2.24, 2.45) is 0 Å². The van der Waals surface area contributed by atoms with Crippen LogP contribution in [0.2, 0.25) is 0 Å². The van der Waals surface area contributed by atoms with Crippen molar-refractivity contribution in [3.63, 3.8) is 0 Å². The summed E-state index contributed by atoms with van der Waals surface area (Å²) < 4.78 is 0. The van der Waals surface area contributed by atoms with Crippen LogP contribution in [0.3, 0.4) is 0 Å². The maximum atomic E-state index is 10.3. The minimum Gasteiger partial charge on any atom is -0.507 e. The molecule has 0 bridgehead atoms. The van der Waals surface area contributed by atoms with Gasteiger partial charge in [-0.05, 0) is 43.4 Å². The average Bonchev–Trinajstić information content (AvgIpc) is 2.57. The number of nitrogens with one attached hydrogen (secondary N) is 1. The molecule has 0 saturated heterocycles. The predicted octanol–water partition coefficient (Wildman–Crippen LogP) is 3.39. The number of hydrogen-bond acceptors (Lipinski definition) is 6. The van der Waals surface area contributed by atoms with E-state index < -0.39 is 0 Å². The maximum absolute atomic E-state index is 10.3. The first-order valence-electron chi connectivity index (χ1n) is 8.95. The van der Waals surface area contributed by atoms with E-state index in [2.05, 4.69) is 34.3 Å². The summed E-state index contributed by atoms with van der Waals surface area (Å²) >= 11 is 0. The first-order valence-corrected chi connectivity index (χ1v) is 8.95. The largest absolute Gasteiger partial charge is 0.507 e. The number of aryl methyl sites for hydroxylation is 1. The molecule has 6 heteroatoms. The molecule has 3 rings (SSSR count). The number of nitrogens with zero attached hydrogens (tertiary/aromatic N) is 3. The van der Waals surface area contributed by atoms with Crippen LogP contribution in [0.4, 0.5) is 5.95 Å². The number of aromatic hydroxyl groups is 1. The molecule has 3 N–H and O–H groups in total. The molecule has 1 aliphatic carbocycles. The molecule has 6 nitrogen and oxygen atoms in total. The quantitative estimate of drug-likeness (QED) is 0.789. The van der Waals surface area contributed by atoms with Gasteiger partial charge in [-0.1, -0.05) is 32.8 Å². The van der Waals surface area contributed by atoms with Gasteiger partial charge in [0, 0.05) is 5.56 Å². The molecule has 1 saturated carbocycles. The first-order chi connectivity index (χ1) is 12.0. The van der Waals surface area contributed by atoms with Crippen molar-refractivity contribution in [1.82, 2.24) is 15.2 Å². The number of anilines is 1. The number of hydrogen-bond donors (Lipinski definition) is 3. The highest BCUT2D eigenvalue weighted by Gasteiger charge is 2.24. The molecule has 2 atom stereocenters.